The molecule has 0 aliphatic rings. The highest BCUT2D eigenvalue weighted by Crippen LogP contribution is 2.22. The number of thiocarbonyl (C=S) groups is 1. The summed E-state index contributed by atoms with van der Waals surface area (Å²) in [7, 11) is 4.33. The molecule has 25 heavy (non-hydrogen) atoms. The summed E-state index contributed by atoms with van der Waals surface area (Å²) >= 11 is 5.78. The van der Waals surface area contributed by atoms with Gasteiger partial charge in [0.1, 0.15) is 0 Å². The van der Waals surface area contributed by atoms with Crippen LogP contribution in [0.4, 0.5) is 5.69 Å². The van der Waals surface area contributed by atoms with Gasteiger partial charge in [0.25, 0.3) is 0 Å². The molecule has 0 saturated heterocycles. The van der Waals surface area contributed by atoms with Crippen molar-refractivity contribution >= 4 is 23.0 Å². The topological polar surface area (TPSA) is 32.6 Å². The van der Waals surface area contributed by atoms with Crippen LogP contribution in [0.15, 0.2) is 42.7 Å². The molecule has 1 unspecified atom stereocenters. The Morgan fingerprint density at radius 3 is 2.52 bits per heavy atom. The Morgan fingerprint density at radius 1 is 1.20 bits per heavy atom. The molecule has 1 aromatic carbocycles. The van der Waals surface area contributed by atoms with Gasteiger partial charge >= 0.3 is 0 Å². The van der Waals surface area contributed by atoms with Crippen molar-refractivity contribution in [2.45, 2.75) is 26.8 Å². The Bertz CT molecular complexity index is 700. The standard InChI is InChI=1S/C20H28N4S/c1-15-6-7-16(2)19(14-15)22-20(25)24(13-12-23(4)5)17(3)18-8-10-21-11-9-18/h6-11,14,17H,12-13H2,1-5H3,(H,22,25)/p+1. The molecule has 4 nitrogen and oxygen atoms in total. The van der Waals surface area contributed by atoms with E-state index in [2.05, 4.69) is 80.4 Å². The molecule has 0 fully saturated rings. The summed E-state index contributed by atoms with van der Waals surface area (Å²) in [4.78, 5) is 7.79. The van der Waals surface area contributed by atoms with Gasteiger partial charge in [-0.1, -0.05) is 12.1 Å². The number of hydrogen-bond donors (Lipinski definition) is 2. The molecule has 0 bridgehead atoms. The van der Waals surface area contributed by atoms with E-state index < -0.39 is 0 Å². The Kier molecular flexibility index (Phi) is 6.91. The van der Waals surface area contributed by atoms with E-state index in [1.54, 1.807) is 0 Å². The zero-order chi connectivity index (χ0) is 18.4. The maximum absolute atomic E-state index is 5.78. The van der Waals surface area contributed by atoms with Gasteiger partial charge in [0.15, 0.2) is 5.11 Å². The van der Waals surface area contributed by atoms with Gasteiger partial charge < -0.3 is 15.1 Å². The highest BCUT2D eigenvalue weighted by Gasteiger charge is 2.20. The molecule has 5 heteroatoms. The van der Waals surface area contributed by atoms with Crippen LogP contribution in [0.3, 0.4) is 0 Å². The molecule has 0 aliphatic heterocycles. The maximum atomic E-state index is 5.78. The van der Waals surface area contributed by atoms with E-state index in [-0.39, 0.29) is 6.04 Å². The lowest BCUT2D eigenvalue weighted by molar-refractivity contribution is -0.857. The molecule has 1 atom stereocenters. The zero-order valence-corrected chi connectivity index (χ0v) is 16.7. The van der Waals surface area contributed by atoms with Crippen molar-refractivity contribution in [2.75, 3.05) is 32.5 Å². The molecular weight excluding hydrogens is 328 g/mol. The molecular formula is C20H29N4S+. The fraction of sp³-hybridized carbons (Fsp3) is 0.400. The predicted octanol–water partition coefficient (Wildman–Crippen LogP) is 2.60. The van der Waals surface area contributed by atoms with Crippen LogP contribution < -0.4 is 10.2 Å². The van der Waals surface area contributed by atoms with Gasteiger partial charge in [-0.25, -0.2) is 0 Å². The number of pyridine rings is 1. The minimum absolute atomic E-state index is 0.187. The number of anilines is 1. The van der Waals surface area contributed by atoms with Crippen LogP contribution in [0, 0.1) is 13.8 Å². The predicted molar refractivity (Wildman–Crippen MR) is 109 cm³/mol. The lowest BCUT2D eigenvalue weighted by Gasteiger charge is -2.32. The summed E-state index contributed by atoms with van der Waals surface area (Å²) in [6.45, 7) is 8.30. The van der Waals surface area contributed by atoms with E-state index in [4.69, 9.17) is 12.2 Å². The Balaban J connectivity index is 2.21. The van der Waals surface area contributed by atoms with Crippen molar-refractivity contribution in [3.05, 3.63) is 59.4 Å². The van der Waals surface area contributed by atoms with E-state index in [1.807, 2.05) is 12.4 Å². The first-order valence-corrected chi connectivity index (χ1v) is 9.13. The van der Waals surface area contributed by atoms with E-state index >= 15 is 0 Å². The van der Waals surface area contributed by atoms with Crippen LogP contribution in [0.2, 0.25) is 0 Å². The highest BCUT2D eigenvalue weighted by molar-refractivity contribution is 7.80. The molecule has 2 rings (SSSR count). The third-order valence-corrected chi connectivity index (χ3v) is 4.74. The summed E-state index contributed by atoms with van der Waals surface area (Å²) in [6, 6.07) is 10.7. The molecule has 2 N–H and O–H groups in total. The first-order valence-electron chi connectivity index (χ1n) is 8.72. The lowest BCUT2D eigenvalue weighted by Crippen LogP contribution is -3.06. The van der Waals surface area contributed by atoms with Gasteiger partial charge in [-0.3, -0.25) is 4.98 Å². The summed E-state index contributed by atoms with van der Waals surface area (Å²) < 4.78 is 0. The smallest absolute Gasteiger partial charge is 0.174 e. The van der Waals surface area contributed by atoms with Crippen molar-refractivity contribution in [1.29, 1.82) is 0 Å². The van der Waals surface area contributed by atoms with E-state index in [0.29, 0.717) is 0 Å². The average Bonchev–Trinajstić information content (AvgIpc) is 2.58. The van der Waals surface area contributed by atoms with Crippen molar-refractivity contribution in [1.82, 2.24) is 9.88 Å². The number of nitrogens with one attached hydrogen (secondary N) is 2. The van der Waals surface area contributed by atoms with Gasteiger partial charge in [-0.15, -0.1) is 0 Å². The molecule has 0 radical (unpaired) electrons. The summed E-state index contributed by atoms with van der Waals surface area (Å²) in [5.74, 6) is 0. The molecule has 0 aliphatic carbocycles. The van der Waals surface area contributed by atoms with Gasteiger partial charge in [0.05, 0.1) is 33.2 Å². The third kappa shape index (κ3) is 5.51. The first kappa shape index (κ1) is 19.3. The fourth-order valence-corrected chi connectivity index (χ4v) is 3.05. The number of aromatic nitrogens is 1. The number of aryl methyl sites for hydroxylation is 2. The largest absolute Gasteiger partial charge is 0.338 e. The van der Waals surface area contributed by atoms with Gasteiger partial charge in [-0.2, -0.15) is 0 Å². The number of quaternary nitrogens is 1. The number of rotatable bonds is 6. The highest BCUT2D eigenvalue weighted by atomic mass is 32.1. The SMILES string of the molecule is Cc1ccc(C)c(NC(=S)N(CC[NH+](C)C)C(C)c2ccncc2)c1. The number of nitrogens with zero attached hydrogens (tertiary/aromatic N) is 2. The fourth-order valence-electron chi connectivity index (χ4n) is 2.69. The average molecular weight is 358 g/mol. The second-order valence-electron chi connectivity index (χ2n) is 6.86. The number of likely N-dealkylation sites (N-methyl/N-ethyl adjacent to an activating group) is 1. The van der Waals surface area contributed by atoms with Crippen LogP contribution in [0.5, 0.6) is 0 Å². The monoisotopic (exact) mass is 357 g/mol. The summed E-state index contributed by atoms with van der Waals surface area (Å²) in [6.07, 6.45) is 3.67. The minimum Gasteiger partial charge on any atom is -0.338 e. The maximum Gasteiger partial charge on any atom is 0.174 e. The van der Waals surface area contributed by atoms with Crippen LogP contribution >= 0.6 is 12.2 Å². The van der Waals surface area contributed by atoms with E-state index in [1.165, 1.54) is 21.6 Å². The lowest BCUT2D eigenvalue weighted by atomic mass is 10.1. The van der Waals surface area contributed by atoms with Crippen LogP contribution in [-0.4, -0.2) is 42.2 Å². The van der Waals surface area contributed by atoms with E-state index in [9.17, 15) is 0 Å². The number of benzene rings is 1. The molecule has 134 valence electrons. The molecule has 0 saturated carbocycles. The van der Waals surface area contributed by atoms with Crippen LogP contribution in [0.25, 0.3) is 0 Å². The second-order valence-corrected chi connectivity index (χ2v) is 7.24. The summed E-state index contributed by atoms with van der Waals surface area (Å²) in [5.41, 5.74) is 4.72. The first-order chi connectivity index (χ1) is 11.9. The van der Waals surface area contributed by atoms with Crippen LogP contribution in [0.1, 0.15) is 29.7 Å². The second kappa shape index (κ2) is 8.92. The molecule has 0 spiro atoms. The molecule has 1 heterocycles. The molecule has 0 amide bonds. The third-order valence-electron chi connectivity index (χ3n) is 4.40. The normalized spacial score (nSPS) is 12.1. The van der Waals surface area contributed by atoms with Crippen molar-refractivity contribution in [2.24, 2.45) is 0 Å². The van der Waals surface area contributed by atoms with Crippen molar-refractivity contribution in [3.8, 4) is 0 Å². The quantitative estimate of drug-likeness (QED) is 0.779. The molecule has 2 aromatic rings. The van der Waals surface area contributed by atoms with Crippen molar-refractivity contribution < 1.29 is 4.90 Å². The van der Waals surface area contributed by atoms with Crippen LogP contribution in [-0.2, 0) is 0 Å². The van der Waals surface area contributed by atoms with Gasteiger partial charge in [0.2, 0.25) is 0 Å². The molecule has 1 aromatic heterocycles. The zero-order valence-electron chi connectivity index (χ0n) is 15.8. The van der Waals surface area contributed by atoms with E-state index in [0.717, 1.165) is 23.9 Å². The number of hydrogen-bond acceptors (Lipinski definition) is 2. The van der Waals surface area contributed by atoms with Crippen molar-refractivity contribution in [3.63, 3.8) is 0 Å². The summed E-state index contributed by atoms with van der Waals surface area (Å²) in [5, 5.41) is 4.22. The van der Waals surface area contributed by atoms with Gasteiger partial charge in [0, 0.05) is 18.1 Å². The Labute approximate surface area is 156 Å². The minimum atomic E-state index is 0.187. The van der Waals surface area contributed by atoms with Gasteiger partial charge in [-0.05, 0) is 67.9 Å². The Hall–Kier alpha value is -1.98. The Morgan fingerprint density at radius 2 is 1.88 bits per heavy atom.